The average Bonchev–Trinajstić information content (AvgIpc) is 3.11. The number of benzene rings is 1. The van der Waals surface area contributed by atoms with Crippen LogP contribution in [0.25, 0.3) is 11.6 Å². The van der Waals surface area contributed by atoms with Crippen LogP contribution in [-0.2, 0) is 22.4 Å². The standard InChI is InChI=1S/C15H6Cl2F6N4O3S/c16-6-3-10(11(24-5-6)12-25-26-13(30-12)15(21,22)23)27-31(28,29)7-1-2-9(17)8(4-7)14(18,19)20/h1-5,27H. The summed E-state index contributed by atoms with van der Waals surface area (Å²) in [5, 5.41) is 5.08. The van der Waals surface area contributed by atoms with Crippen molar-refractivity contribution in [3.63, 3.8) is 0 Å². The van der Waals surface area contributed by atoms with Gasteiger partial charge in [-0.1, -0.05) is 23.2 Å². The van der Waals surface area contributed by atoms with Gasteiger partial charge in [-0.05, 0) is 24.3 Å². The van der Waals surface area contributed by atoms with E-state index in [0.29, 0.717) is 0 Å². The molecule has 0 spiro atoms. The first kappa shape index (κ1) is 23.1. The molecule has 7 nitrogen and oxygen atoms in total. The van der Waals surface area contributed by atoms with Gasteiger partial charge in [-0.2, -0.15) is 26.3 Å². The Balaban J connectivity index is 2.05. The van der Waals surface area contributed by atoms with Gasteiger partial charge >= 0.3 is 18.2 Å². The summed E-state index contributed by atoms with van der Waals surface area (Å²) in [6.07, 6.45) is -8.96. The second-order valence-electron chi connectivity index (χ2n) is 5.70. The van der Waals surface area contributed by atoms with Gasteiger partial charge in [0.15, 0.2) is 5.69 Å². The maximum Gasteiger partial charge on any atom is 0.470 e. The molecule has 0 unspecified atom stereocenters. The summed E-state index contributed by atoms with van der Waals surface area (Å²) >= 11 is 11.2. The molecule has 31 heavy (non-hydrogen) atoms. The van der Waals surface area contributed by atoms with E-state index in [9.17, 15) is 34.8 Å². The fraction of sp³-hybridized carbons (Fsp3) is 0.133. The fourth-order valence-electron chi connectivity index (χ4n) is 2.21. The Morgan fingerprint density at radius 1 is 0.968 bits per heavy atom. The molecular weight excluding hydrogens is 501 g/mol. The zero-order valence-electron chi connectivity index (χ0n) is 14.4. The summed E-state index contributed by atoms with van der Waals surface area (Å²) in [6.45, 7) is 0. The Labute approximate surface area is 179 Å². The SMILES string of the molecule is O=S(=O)(Nc1cc(Cl)cnc1-c1nnc(C(F)(F)F)o1)c1ccc(Cl)c(C(F)(F)F)c1. The Bertz CT molecular complexity index is 1240. The van der Waals surface area contributed by atoms with Crippen molar-refractivity contribution in [2.45, 2.75) is 17.2 Å². The second-order valence-corrected chi connectivity index (χ2v) is 8.23. The van der Waals surface area contributed by atoms with Crippen molar-refractivity contribution in [3.8, 4) is 11.6 Å². The summed E-state index contributed by atoms with van der Waals surface area (Å²) in [7, 11) is -4.70. The molecule has 1 aromatic carbocycles. The van der Waals surface area contributed by atoms with Crippen molar-refractivity contribution in [3.05, 3.63) is 52.0 Å². The van der Waals surface area contributed by atoms with E-state index < -0.39 is 61.0 Å². The number of sulfonamides is 1. The van der Waals surface area contributed by atoms with Crippen LogP contribution in [0.5, 0.6) is 0 Å². The van der Waals surface area contributed by atoms with Crippen LogP contribution in [0, 0.1) is 0 Å². The zero-order chi connectivity index (χ0) is 23.2. The predicted molar refractivity (Wildman–Crippen MR) is 94.8 cm³/mol. The molecule has 16 heteroatoms. The van der Waals surface area contributed by atoms with Crippen LogP contribution in [0.4, 0.5) is 32.0 Å². The van der Waals surface area contributed by atoms with E-state index in [4.69, 9.17) is 23.2 Å². The molecule has 0 fully saturated rings. The number of anilines is 1. The van der Waals surface area contributed by atoms with Gasteiger partial charge in [0.1, 0.15) is 0 Å². The summed E-state index contributed by atoms with van der Waals surface area (Å²) < 4.78 is 109. The minimum absolute atomic E-state index is 0.149. The fourth-order valence-corrected chi connectivity index (χ4v) is 3.68. The molecule has 0 saturated heterocycles. The van der Waals surface area contributed by atoms with Gasteiger partial charge in [0, 0.05) is 6.20 Å². The highest BCUT2D eigenvalue weighted by Crippen LogP contribution is 2.37. The number of nitrogens with zero attached hydrogens (tertiary/aromatic N) is 3. The maximum absolute atomic E-state index is 13.0. The second kappa shape index (κ2) is 7.84. The van der Waals surface area contributed by atoms with E-state index in [2.05, 4.69) is 19.6 Å². The minimum Gasteiger partial charge on any atom is -0.411 e. The van der Waals surface area contributed by atoms with E-state index in [0.717, 1.165) is 24.4 Å². The van der Waals surface area contributed by atoms with E-state index in [1.807, 2.05) is 4.72 Å². The number of hydrogen-bond donors (Lipinski definition) is 1. The summed E-state index contributed by atoms with van der Waals surface area (Å²) in [6, 6.07) is 2.76. The number of aromatic nitrogens is 3. The first-order chi connectivity index (χ1) is 14.2. The minimum atomic E-state index is -4.98. The predicted octanol–water partition coefficient (Wildman–Crippen LogP) is 5.28. The molecule has 166 valence electrons. The lowest BCUT2D eigenvalue weighted by Gasteiger charge is -2.13. The third kappa shape index (κ3) is 5.02. The molecule has 0 aliphatic heterocycles. The number of nitrogens with one attached hydrogen (secondary N) is 1. The van der Waals surface area contributed by atoms with Crippen LogP contribution in [-0.4, -0.2) is 23.6 Å². The van der Waals surface area contributed by atoms with Crippen LogP contribution in [0.15, 0.2) is 39.8 Å². The quantitative estimate of drug-likeness (QED) is 0.483. The van der Waals surface area contributed by atoms with Gasteiger partial charge in [-0.3, -0.25) is 4.72 Å². The van der Waals surface area contributed by atoms with E-state index in [-0.39, 0.29) is 11.1 Å². The van der Waals surface area contributed by atoms with Crippen molar-refractivity contribution in [2.24, 2.45) is 0 Å². The summed E-state index contributed by atoms with van der Waals surface area (Å²) in [4.78, 5) is 2.83. The van der Waals surface area contributed by atoms with Gasteiger partial charge in [0.05, 0.1) is 26.2 Å². The monoisotopic (exact) mass is 506 g/mol. The lowest BCUT2D eigenvalue weighted by molar-refractivity contribution is -0.157. The van der Waals surface area contributed by atoms with Crippen molar-refractivity contribution in [1.82, 2.24) is 15.2 Å². The van der Waals surface area contributed by atoms with Crippen molar-refractivity contribution < 1.29 is 39.2 Å². The van der Waals surface area contributed by atoms with E-state index in [1.165, 1.54) is 0 Å². The molecule has 1 N–H and O–H groups in total. The number of pyridine rings is 1. The number of rotatable bonds is 4. The topological polar surface area (TPSA) is 98.0 Å². The first-order valence-corrected chi connectivity index (χ1v) is 9.88. The largest absolute Gasteiger partial charge is 0.470 e. The molecule has 0 saturated carbocycles. The summed E-state index contributed by atoms with van der Waals surface area (Å²) in [5.41, 5.74) is -2.47. The number of halogens is 8. The molecule has 0 amide bonds. The molecule has 0 bridgehead atoms. The van der Waals surface area contributed by atoms with Gasteiger partial charge in [0.2, 0.25) is 0 Å². The van der Waals surface area contributed by atoms with Crippen LogP contribution in [0.2, 0.25) is 10.0 Å². The number of alkyl halides is 6. The molecule has 2 heterocycles. The van der Waals surface area contributed by atoms with Gasteiger partial charge < -0.3 is 4.42 Å². The highest BCUT2D eigenvalue weighted by molar-refractivity contribution is 7.92. The first-order valence-electron chi connectivity index (χ1n) is 7.64. The zero-order valence-corrected chi connectivity index (χ0v) is 16.7. The number of hydrogen-bond acceptors (Lipinski definition) is 6. The van der Waals surface area contributed by atoms with Crippen molar-refractivity contribution in [2.75, 3.05) is 4.72 Å². The smallest absolute Gasteiger partial charge is 0.411 e. The Morgan fingerprint density at radius 2 is 1.65 bits per heavy atom. The highest BCUT2D eigenvalue weighted by Gasteiger charge is 2.39. The van der Waals surface area contributed by atoms with Gasteiger partial charge in [0.25, 0.3) is 15.9 Å². The van der Waals surface area contributed by atoms with Crippen molar-refractivity contribution in [1.29, 1.82) is 0 Å². The molecule has 0 radical (unpaired) electrons. The lowest BCUT2D eigenvalue weighted by atomic mass is 10.2. The molecule has 3 aromatic rings. The Hall–Kier alpha value is -2.58. The van der Waals surface area contributed by atoms with Crippen LogP contribution in [0.1, 0.15) is 11.5 Å². The molecule has 2 aromatic heterocycles. The van der Waals surface area contributed by atoms with E-state index >= 15 is 0 Å². The molecule has 0 aliphatic rings. The van der Waals surface area contributed by atoms with Gasteiger partial charge in [-0.25, -0.2) is 13.4 Å². The third-order valence-electron chi connectivity index (χ3n) is 3.52. The summed E-state index contributed by atoms with van der Waals surface area (Å²) in [5.74, 6) is -2.53. The van der Waals surface area contributed by atoms with Crippen LogP contribution in [0.3, 0.4) is 0 Å². The Morgan fingerprint density at radius 3 is 2.23 bits per heavy atom. The maximum atomic E-state index is 13.0. The Kier molecular flexibility index (Phi) is 5.84. The van der Waals surface area contributed by atoms with Gasteiger partial charge in [-0.15, -0.1) is 10.2 Å². The van der Waals surface area contributed by atoms with E-state index in [1.54, 1.807) is 0 Å². The highest BCUT2D eigenvalue weighted by atomic mass is 35.5. The average molecular weight is 507 g/mol. The molecule has 0 atom stereocenters. The van der Waals surface area contributed by atoms with Crippen LogP contribution < -0.4 is 4.72 Å². The molecular formula is C15H6Cl2F6N4O3S. The normalized spacial score (nSPS) is 12.8. The third-order valence-corrected chi connectivity index (χ3v) is 5.42. The van der Waals surface area contributed by atoms with Crippen LogP contribution >= 0.6 is 23.2 Å². The lowest BCUT2D eigenvalue weighted by Crippen LogP contribution is -2.16. The molecule has 0 aliphatic carbocycles. The van der Waals surface area contributed by atoms with Crippen molar-refractivity contribution >= 4 is 38.9 Å². The molecule has 3 rings (SSSR count).